The number of carbonyl (C=O) groups excluding carboxylic acids is 1. The van der Waals surface area contributed by atoms with Crippen molar-refractivity contribution >= 4 is 17.6 Å². The number of allylic oxidation sites excluding steroid dienone is 1. The predicted octanol–water partition coefficient (Wildman–Crippen LogP) is 3.52. The fraction of sp³-hybridized carbons (Fsp3) is 0.333. The molecule has 1 aromatic rings. The number of hydrogen-bond acceptors (Lipinski definition) is 2. The Morgan fingerprint density at radius 1 is 1.25 bits per heavy atom. The summed E-state index contributed by atoms with van der Waals surface area (Å²) in [5, 5.41) is 15.6. The van der Waals surface area contributed by atoms with Crippen LogP contribution in [0.15, 0.2) is 35.5 Å². The Balaban J connectivity index is 2.54. The molecule has 1 aliphatic rings. The molecule has 0 bridgehead atoms. The standard InChI is InChI=1S/C15H16ClN3O/c1-15(2,3)13-11(8-17)12(18-14(20)19-13)9-4-6-10(16)7-5-9/h4-7,12H,1-3H3,(H2,18,19,20)/t12-/m0/s1. The lowest BCUT2D eigenvalue weighted by molar-refractivity contribution is 0.235. The van der Waals surface area contributed by atoms with Crippen LogP contribution in [0.2, 0.25) is 5.02 Å². The van der Waals surface area contributed by atoms with Gasteiger partial charge in [-0.2, -0.15) is 5.26 Å². The minimum Gasteiger partial charge on any atom is -0.326 e. The van der Waals surface area contributed by atoms with Crippen LogP contribution >= 0.6 is 11.6 Å². The third-order valence-electron chi connectivity index (χ3n) is 3.15. The summed E-state index contributed by atoms with van der Waals surface area (Å²) < 4.78 is 0. The van der Waals surface area contributed by atoms with Gasteiger partial charge in [0.2, 0.25) is 0 Å². The minimum absolute atomic E-state index is 0.297. The molecule has 20 heavy (non-hydrogen) atoms. The van der Waals surface area contributed by atoms with Gasteiger partial charge in [0.1, 0.15) is 0 Å². The number of nitrogens with one attached hydrogen (secondary N) is 2. The monoisotopic (exact) mass is 289 g/mol. The van der Waals surface area contributed by atoms with E-state index in [9.17, 15) is 10.1 Å². The summed E-state index contributed by atoms with van der Waals surface area (Å²) in [4.78, 5) is 11.8. The SMILES string of the molecule is CC(C)(C)C1=C(C#N)[C@H](c2ccc(Cl)cc2)NC(=O)N1. The van der Waals surface area contributed by atoms with E-state index in [0.717, 1.165) is 5.56 Å². The number of urea groups is 1. The summed E-state index contributed by atoms with van der Waals surface area (Å²) in [5.74, 6) is 0. The van der Waals surface area contributed by atoms with E-state index >= 15 is 0 Å². The van der Waals surface area contributed by atoms with Gasteiger partial charge in [-0.15, -0.1) is 0 Å². The molecular weight excluding hydrogens is 274 g/mol. The number of hydrogen-bond donors (Lipinski definition) is 2. The molecule has 0 aliphatic carbocycles. The lowest BCUT2D eigenvalue weighted by atomic mass is 9.84. The molecule has 0 fully saturated rings. The van der Waals surface area contributed by atoms with Crippen molar-refractivity contribution in [3.63, 3.8) is 0 Å². The maximum Gasteiger partial charge on any atom is 0.319 e. The summed E-state index contributed by atoms with van der Waals surface area (Å²) in [6.07, 6.45) is 0. The number of rotatable bonds is 1. The molecule has 104 valence electrons. The van der Waals surface area contributed by atoms with Gasteiger partial charge in [0.15, 0.2) is 0 Å². The molecule has 0 aromatic heterocycles. The highest BCUT2D eigenvalue weighted by atomic mass is 35.5. The Hall–Kier alpha value is -1.99. The first-order valence-corrected chi connectivity index (χ1v) is 6.68. The first-order chi connectivity index (χ1) is 9.32. The van der Waals surface area contributed by atoms with E-state index in [2.05, 4.69) is 16.7 Å². The Morgan fingerprint density at radius 2 is 1.85 bits per heavy atom. The fourth-order valence-electron chi connectivity index (χ4n) is 2.18. The summed E-state index contributed by atoms with van der Waals surface area (Å²) in [5.41, 5.74) is 1.71. The van der Waals surface area contributed by atoms with Crippen molar-refractivity contribution < 1.29 is 4.79 Å². The van der Waals surface area contributed by atoms with Gasteiger partial charge >= 0.3 is 6.03 Å². The quantitative estimate of drug-likeness (QED) is 0.831. The summed E-state index contributed by atoms with van der Waals surface area (Å²) in [6, 6.07) is 8.60. The molecule has 1 aromatic carbocycles. The Bertz CT molecular complexity index is 605. The zero-order valence-electron chi connectivity index (χ0n) is 11.6. The van der Waals surface area contributed by atoms with Crippen molar-refractivity contribution in [1.29, 1.82) is 5.26 Å². The second-order valence-electron chi connectivity index (χ2n) is 5.73. The van der Waals surface area contributed by atoms with Crippen molar-refractivity contribution in [2.24, 2.45) is 5.41 Å². The third-order valence-corrected chi connectivity index (χ3v) is 3.40. The molecule has 4 nitrogen and oxygen atoms in total. The number of nitriles is 1. The van der Waals surface area contributed by atoms with E-state index < -0.39 is 6.04 Å². The molecule has 2 amide bonds. The van der Waals surface area contributed by atoms with Crippen molar-refractivity contribution in [1.82, 2.24) is 10.6 Å². The van der Waals surface area contributed by atoms with Crippen LogP contribution in [0.4, 0.5) is 4.79 Å². The Kier molecular flexibility index (Phi) is 3.74. The average Bonchev–Trinajstić information content (AvgIpc) is 2.37. The molecule has 1 atom stereocenters. The maximum absolute atomic E-state index is 11.8. The molecular formula is C15H16ClN3O. The van der Waals surface area contributed by atoms with E-state index in [1.54, 1.807) is 12.1 Å². The molecule has 5 heteroatoms. The van der Waals surface area contributed by atoms with Crippen molar-refractivity contribution in [2.45, 2.75) is 26.8 Å². The van der Waals surface area contributed by atoms with Gasteiger partial charge in [0, 0.05) is 16.1 Å². The van der Waals surface area contributed by atoms with Crippen LogP contribution in [0.5, 0.6) is 0 Å². The molecule has 2 N–H and O–H groups in total. The van der Waals surface area contributed by atoms with E-state index in [0.29, 0.717) is 16.3 Å². The predicted molar refractivity (Wildman–Crippen MR) is 78.0 cm³/mol. The number of nitrogens with zero attached hydrogens (tertiary/aromatic N) is 1. The first kappa shape index (κ1) is 14.4. The van der Waals surface area contributed by atoms with E-state index in [1.807, 2.05) is 32.9 Å². The van der Waals surface area contributed by atoms with Crippen LogP contribution in [-0.4, -0.2) is 6.03 Å². The number of benzene rings is 1. The second kappa shape index (κ2) is 5.18. The molecule has 0 unspecified atom stereocenters. The van der Waals surface area contributed by atoms with Crippen LogP contribution in [0.3, 0.4) is 0 Å². The van der Waals surface area contributed by atoms with Crippen molar-refractivity contribution in [3.05, 3.63) is 46.1 Å². The smallest absolute Gasteiger partial charge is 0.319 e. The largest absolute Gasteiger partial charge is 0.326 e. The van der Waals surface area contributed by atoms with Gasteiger partial charge in [0.05, 0.1) is 17.7 Å². The van der Waals surface area contributed by atoms with E-state index in [-0.39, 0.29) is 11.4 Å². The number of carbonyl (C=O) groups is 1. The van der Waals surface area contributed by atoms with Gasteiger partial charge in [-0.05, 0) is 17.7 Å². The van der Waals surface area contributed by atoms with Gasteiger partial charge in [-0.25, -0.2) is 4.79 Å². The second-order valence-corrected chi connectivity index (χ2v) is 6.17. The number of halogens is 1. The first-order valence-electron chi connectivity index (χ1n) is 6.30. The normalized spacial score (nSPS) is 19.1. The number of amides is 2. The molecule has 1 heterocycles. The molecule has 1 aliphatic heterocycles. The highest BCUT2D eigenvalue weighted by molar-refractivity contribution is 6.30. The molecule has 0 saturated heterocycles. The third kappa shape index (κ3) is 2.78. The lowest BCUT2D eigenvalue weighted by Gasteiger charge is -2.33. The average molecular weight is 290 g/mol. The van der Waals surface area contributed by atoms with Crippen LogP contribution < -0.4 is 10.6 Å². The molecule has 0 saturated carbocycles. The summed E-state index contributed by atoms with van der Waals surface area (Å²) in [6.45, 7) is 5.89. The van der Waals surface area contributed by atoms with Gasteiger partial charge in [-0.1, -0.05) is 44.5 Å². The van der Waals surface area contributed by atoms with Crippen molar-refractivity contribution in [3.8, 4) is 6.07 Å². The van der Waals surface area contributed by atoms with Gasteiger partial charge in [0.25, 0.3) is 0 Å². The zero-order valence-corrected chi connectivity index (χ0v) is 12.4. The van der Waals surface area contributed by atoms with Crippen LogP contribution in [0, 0.1) is 16.7 Å². The van der Waals surface area contributed by atoms with Crippen LogP contribution in [0.25, 0.3) is 0 Å². The summed E-state index contributed by atoms with van der Waals surface area (Å²) in [7, 11) is 0. The highest BCUT2D eigenvalue weighted by Gasteiger charge is 2.33. The zero-order chi connectivity index (χ0) is 14.9. The highest BCUT2D eigenvalue weighted by Crippen LogP contribution is 2.34. The molecule has 0 spiro atoms. The minimum atomic E-state index is -0.444. The van der Waals surface area contributed by atoms with Crippen molar-refractivity contribution in [2.75, 3.05) is 0 Å². The maximum atomic E-state index is 11.8. The van der Waals surface area contributed by atoms with E-state index in [1.165, 1.54) is 0 Å². The van der Waals surface area contributed by atoms with E-state index in [4.69, 9.17) is 11.6 Å². The molecule has 0 radical (unpaired) electrons. The van der Waals surface area contributed by atoms with Gasteiger partial charge in [-0.3, -0.25) is 0 Å². The lowest BCUT2D eigenvalue weighted by Crippen LogP contribution is -2.46. The molecule has 2 rings (SSSR count). The van der Waals surface area contributed by atoms with Crippen LogP contribution in [-0.2, 0) is 0 Å². The van der Waals surface area contributed by atoms with Crippen LogP contribution in [0.1, 0.15) is 32.4 Å². The topological polar surface area (TPSA) is 64.9 Å². The Morgan fingerprint density at radius 3 is 2.35 bits per heavy atom. The van der Waals surface area contributed by atoms with Gasteiger partial charge < -0.3 is 10.6 Å². The Labute approximate surface area is 123 Å². The summed E-state index contributed by atoms with van der Waals surface area (Å²) >= 11 is 5.87. The fourth-order valence-corrected chi connectivity index (χ4v) is 2.31.